The van der Waals surface area contributed by atoms with Gasteiger partial charge in [0.05, 0.1) is 5.92 Å². The van der Waals surface area contributed by atoms with E-state index in [1.165, 1.54) is 18.2 Å². The van der Waals surface area contributed by atoms with Crippen LogP contribution in [0.5, 0.6) is 0 Å². The molecule has 0 saturated heterocycles. The lowest BCUT2D eigenvalue weighted by molar-refractivity contribution is 0.0947. The van der Waals surface area contributed by atoms with Crippen LogP contribution in [0, 0.1) is 11.7 Å². The number of benzene rings is 1. The Morgan fingerprint density at radius 1 is 1.36 bits per heavy atom. The Kier molecular flexibility index (Phi) is 2.03. The first-order valence-electron chi connectivity index (χ1n) is 4.40. The number of hydrogen-bond acceptors (Lipinski definition) is 1. The quantitative estimate of drug-likeness (QED) is 0.779. The molecule has 0 spiro atoms. The Morgan fingerprint density at radius 2 is 2.07 bits per heavy atom. The van der Waals surface area contributed by atoms with Crippen molar-refractivity contribution in [1.82, 2.24) is 0 Å². The van der Waals surface area contributed by atoms with Gasteiger partial charge in [-0.2, -0.15) is 0 Å². The van der Waals surface area contributed by atoms with E-state index in [9.17, 15) is 13.2 Å². The Labute approximate surface area is 79.7 Å². The summed E-state index contributed by atoms with van der Waals surface area (Å²) < 4.78 is 38.9. The maximum absolute atomic E-state index is 13.1. The van der Waals surface area contributed by atoms with Crippen molar-refractivity contribution in [2.75, 3.05) is 6.54 Å². The number of rotatable bonds is 2. The molecule has 0 unspecified atom stereocenters. The van der Waals surface area contributed by atoms with Crippen LogP contribution in [-0.4, -0.2) is 12.5 Å². The third-order valence-electron chi connectivity index (χ3n) is 2.66. The maximum Gasteiger partial charge on any atom is 0.260 e. The van der Waals surface area contributed by atoms with Gasteiger partial charge in [-0.15, -0.1) is 0 Å². The minimum absolute atomic E-state index is 0.0613. The normalized spacial score (nSPS) is 28.9. The largest absolute Gasteiger partial charge is 0.330 e. The van der Waals surface area contributed by atoms with Gasteiger partial charge in [0.25, 0.3) is 5.92 Å². The highest BCUT2D eigenvalue weighted by Crippen LogP contribution is 2.60. The lowest BCUT2D eigenvalue weighted by atomic mass is 10.1. The molecule has 0 heterocycles. The van der Waals surface area contributed by atoms with Gasteiger partial charge in [-0.05, 0) is 17.7 Å². The van der Waals surface area contributed by atoms with E-state index in [0.717, 1.165) is 6.07 Å². The molecule has 14 heavy (non-hydrogen) atoms. The summed E-state index contributed by atoms with van der Waals surface area (Å²) in [5.41, 5.74) is 5.54. The second kappa shape index (κ2) is 2.98. The number of hydrogen-bond donors (Lipinski definition) is 1. The van der Waals surface area contributed by atoms with E-state index in [2.05, 4.69) is 0 Å². The Hall–Kier alpha value is -1.03. The molecule has 1 aliphatic rings. The molecule has 0 aromatic heterocycles. The minimum Gasteiger partial charge on any atom is -0.330 e. The topological polar surface area (TPSA) is 26.0 Å². The van der Waals surface area contributed by atoms with Crippen molar-refractivity contribution in [3.8, 4) is 0 Å². The second-order valence-electron chi connectivity index (χ2n) is 3.55. The van der Waals surface area contributed by atoms with E-state index in [4.69, 9.17) is 5.73 Å². The molecule has 0 amide bonds. The van der Waals surface area contributed by atoms with Crippen LogP contribution in [0.25, 0.3) is 0 Å². The summed E-state index contributed by atoms with van der Waals surface area (Å²) in [6.07, 6.45) is 0. The molecule has 1 nitrogen and oxygen atoms in total. The van der Waals surface area contributed by atoms with Crippen LogP contribution in [0.15, 0.2) is 24.3 Å². The van der Waals surface area contributed by atoms with Gasteiger partial charge in [0, 0.05) is 12.5 Å². The summed E-state index contributed by atoms with van der Waals surface area (Å²) >= 11 is 0. The van der Waals surface area contributed by atoms with Gasteiger partial charge in [-0.3, -0.25) is 0 Å². The number of halogens is 3. The van der Waals surface area contributed by atoms with Crippen molar-refractivity contribution in [3.63, 3.8) is 0 Å². The summed E-state index contributed by atoms with van der Waals surface area (Å²) in [7, 11) is 0. The molecule has 1 aliphatic carbocycles. The molecule has 2 atom stereocenters. The van der Waals surface area contributed by atoms with E-state index >= 15 is 0 Å². The van der Waals surface area contributed by atoms with Gasteiger partial charge in [0.2, 0.25) is 0 Å². The average Bonchev–Trinajstić information content (AvgIpc) is 2.68. The molecular formula is C10H10F3N. The van der Waals surface area contributed by atoms with Gasteiger partial charge in [0.1, 0.15) is 5.82 Å². The summed E-state index contributed by atoms with van der Waals surface area (Å²) in [4.78, 5) is 0. The lowest BCUT2D eigenvalue weighted by Gasteiger charge is -1.98. The average molecular weight is 201 g/mol. The zero-order valence-electron chi connectivity index (χ0n) is 7.38. The summed E-state index contributed by atoms with van der Waals surface area (Å²) in [5.74, 6) is -4.98. The fraction of sp³-hybridized carbons (Fsp3) is 0.400. The van der Waals surface area contributed by atoms with Crippen molar-refractivity contribution in [1.29, 1.82) is 0 Å². The van der Waals surface area contributed by atoms with Crippen LogP contribution in [0.3, 0.4) is 0 Å². The summed E-state index contributed by atoms with van der Waals surface area (Å²) in [6, 6.07) is 5.33. The van der Waals surface area contributed by atoms with Crippen LogP contribution in [0.2, 0.25) is 0 Å². The molecule has 2 rings (SSSR count). The second-order valence-corrected chi connectivity index (χ2v) is 3.55. The highest BCUT2D eigenvalue weighted by Gasteiger charge is 2.67. The van der Waals surface area contributed by atoms with Crippen molar-refractivity contribution >= 4 is 0 Å². The van der Waals surface area contributed by atoms with Gasteiger partial charge in [-0.1, -0.05) is 12.1 Å². The predicted octanol–water partition coefficient (Wildman–Crippen LogP) is 2.13. The smallest absolute Gasteiger partial charge is 0.260 e. The van der Waals surface area contributed by atoms with Crippen LogP contribution in [0.4, 0.5) is 13.2 Å². The van der Waals surface area contributed by atoms with E-state index in [1.54, 1.807) is 0 Å². The van der Waals surface area contributed by atoms with Gasteiger partial charge >= 0.3 is 0 Å². The maximum atomic E-state index is 13.1. The lowest BCUT2D eigenvalue weighted by Crippen LogP contribution is -2.06. The molecule has 76 valence electrons. The molecule has 1 aromatic carbocycles. The summed E-state index contributed by atoms with van der Waals surface area (Å²) in [5, 5.41) is 0. The number of nitrogens with two attached hydrogens (primary N) is 1. The van der Waals surface area contributed by atoms with Crippen LogP contribution < -0.4 is 5.73 Å². The molecular weight excluding hydrogens is 191 g/mol. The van der Waals surface area contributed by atoms with E-state index in [-0.39, 0.29) is 6.54 Å². The highest BCUT2D eigenvalue weighted by atomic mass is 19.3. The van der Waals surface area contributed by atoms with Gasteiger partial charge < -0.3 is 5.73 Å². The van der Waals surface area contributed by atoms with Crippen molar-refractivity contribution in [2.24, 2.45) is 11.7 Å². The fourth-order valence-corrected chi connectivity index (χ4v) is 1.84. The SMILES string of the molecule is NC[C@H]1[C@H](c2cccc(F)c2)C1(F)F. The van der Waals surface area contributed by atoms with E-state index in [0.29, 0.717) is 5.56 Å². The van der Waals surface area contributed by atoms with Gasteiger partial charge in [-0.25, -0.2) is 13.2 Å². The summed E-state index contributed by atoms with van der Waals surface area (Å²) in [6.45, 7) is -0.0613. The van der Waals surface area contributed by atoms with Crippen molar-refractivity contribution in [2.45, 2.75) is 11.8 Å². The Bertz CT molecular complexity index is 351. The first-order valence-corrected chi connectivity index (χ1v) is 4.40. The van der Waals surface area contributed by atoms with Crippen molar-refractivity contribution < 1.29 is 13.2 Å². The molecule has 0 aliphatic heterocycles. The Balaban J connectivity index is 2.26. The number of alkyl halides is 2. The molecule has 4 heteroatoms. The van der Waals surface area contributed by atoms with E-state index < -0.39 is 23.6 Å². The highest BCUT2D eigenvalue weighted by molar-refractivity contribution is 5.32. The fourth-order valence-electron chi connectivity index (χ4n) is 1.84. The molecule has 0 radical (unpaired) electrons. The minimum atomic E-state index is -2.76. The molecule has 2 N–H and O–H groups in total. The molecule has 0 bridgehead atoms. The van der Waals surface area contributed by atoms with Crippen LogP contribution >= 0.6 is 0 Å². The van der Waals surface area contributed by atoms with Crippen LogP contribution in [-0.2, 0) is 0 Å². The predicted molar refractivity (Wildman–Crippen MR) is 46.6 cm³/mol. The third kappa shape index (κ3) is 1.30. The zero-order valence-corrected chi connectivity index (χ0v) is 7.38. The monoisotopic (exact) mass is 201 g/mol. The Morgan fingerprint density at radius 3 is 2.57 bits per heavy atom. The standard InChI is InChI=1S/C10H10F3N/c11-7-3-1-2-6(4-7)9-8(5-14)10(9,12)13/h1-4,8-9H,5,14H2/t8-,9-/m0/s1. The first-order chi connectivity index (χ1) is 6.57. The zero-order chi connectivity index (χ0) is 10.3. The first kappa shape index (κ1) is 9.52. The molecule has 1 saturated carbocycles. The van der Waals surface area contributed by atoms with Crippen LogP contribution in [0.1, 0.15) is 11.5 Å². The van der Waals surface area contributed by atoms with Crippen molar-refractivity contribution in [3.05, 3.63) is 35.6 Å². The third-order valence-corrected chi connectivity index (χ3v) is 2.66. The van der Waals surface area contributed by atoms with E-state index in [1.807, 2.05) is 0 Å². The van der Waals surface area contributed by atoms with Gasteiger partial charge in [0.15, 0.2) is 0 Å². The molecule has 1 fully saturated rings. The molecule has 1 aromatic rings.